The average Bonchev–Trinajstić information content (AvgIpc) is 2.44. The molecule has 1 rings (SSSR count). The number of benzene rings is 1. The fourth-order valence-corrected chi connectivity index (χ4v) is 1.98. The van der Waals surface area contributed by atoms with Crippen LogP contribution in [0, 0.1) is 5.92 Å². The van der Waals surface area contributed by atoms with Gasteiger partial charge < -0.3 is 20.1 Å². The fourth-order valence-electron chi connectivity index (χ4n) is 1.75. The number of ether oxygens (including phenoxy) is 2. The Hall–Kier alpha value is -1.46. The molecule has 0 bridgehead atoms. The van der Waals surface area contributed by atoms with Gasteiger partial charge in [0, 0.05) is 12.1 Å². The van der Waals surface area contributed by atoms with Crippen molar-refractivity contribution >= 4 is 23.2 Å². The molecule has 0 aromatic heterocycles. The van der Waals surface area contributed by atoms with Crippen molar-refractivity contribution in [3.05, 3.63) is 17.2 Å². The number of carbonyl (C=O) groups is 1. The molecule has 6 heteroatoms. The summed E-state index contributed by atoms with van der Waals surface area (Å²) in [6.07, 6.45) is 1.03. The molecule has 1 aromatic rings. The Morgan fingerprint density at radius 2 is 1.90 bits per heavy atom. The first-order valence-electron chi connectivity index (χ1n) is 6.90. The maximum atomic E-state index is 11.9. The monoisotopic (exact) mass is 314 g/mol. The van der Waals surface area contributed by atoms with Crippen LogP contribution in [0.3, 0.4) is 0 Å². The minimum atomic E-state index is -0.138. The van der Waals surface area contributed by atoms with Crippen LogP contribution in [0.4, 0.5) is 5.69 Å². The highest BCUT2D eigenvalue weighted by Gasteiger charge is 2.12. The first-order valence-corrected chi connectivity index (χ1v) is 7.27. The van der Waals surface area contributed by atoms with Crippen LogP contribution in [-0.4, -0.2) is 33.2 Å². The Labute approximate surface area is 131 Å². The first-order chi connectivity index (χ1) is 9.97. The predicted molar refractivity (Wildman–Crippen MR) is 85.5 cm³/mol. The molecular weight excluding hydrogens is 292 g/mol. The largest absolute Gasteiger partial charge is 0.495 e. The van der Waals surface area contributed by atoms with Crippen LogP contribution in [0.2, 0.25) is 5.02 Å². The number of nitrogens with one attached hydrogen (secondary N) is 2. The Bertz CT molecular complexity index is 478. The summed E-state index contributed by atoms with van der Waals surface area (Å²) in [6.45, 7) is 5.35. The third-order valence-electron chi connectivity index (χ3n) is 2.93. The minimum absolute atomic E-state index is 0.138. The van der Waals surface area contributed by atoms with Crippen molar-refractivity contribution in [1.29, 1.82) is 0 Å². The van der Waals surface area contributed by atoms with E-state index in [2.05, 4.69) is 24.5 Å². The molecule has 2 N–H and O–H groups in total. The topological polar surface area (TPSA) is 59.6 Å². The van der Waals surface area contributed by atoms with Crippen molar-refractivity contribution in [3.63, 3.8) is 0 Å². The van der Waals surface area contributed by atoms with E-state index in [1.165, 1.54) is 14.2 Å². The second-order valence-corrected chi connectivity index (χ2v) is 5.50. The maximum Gasteiger partial charge on any atom is 0.238 e. The van der Waals surface area contributed by atoms with Crippen LogP contribution < -0.4 is 20.1 Å². The quantitative estimate of drug-likeness (QED) is 0.724. The second kappa shape index (κ2) is 8.74. The third-order valence-corrected chi connectivity index (χ3v) is 3.23. The lowest BCUT2D eigenvalue weighted by atomic mass is 10.1. The van der Waals surface area contributed by atoms with Crippen LogP contribution in [0.1, 0.15) is 20.3 Å². The van der Waals surface area contributed by atoms with Crippen molar-refractivity contribution < 1.29 is 14.3 Å². The highest BCUT2D eigenvalue weighted by Crippen LogP contribution is 2.35. The summed E-state index contributed by atoms with van der Waals surface area (Å²) in [5, 5.41) is 6.32. The van der Waals surface area contributed by atoms with E-state index >= 15 is 0 Å². The Morgan fingerprint density at radius 1 is 1.24 bits per heavy atom. The van der Waals surface area contributed by atoms with Gasteiger partial charge in [-0.1, -0.05) is 25.4 Å². The van der Waals surface area contributed by atoms with Crippen LogP contribution in [0.5, 0.6) is 11.5 Å². The summed E-state index contributed by atoms with van der Waals surface area (Å²) in [4.78, 5) is 11.9. The molecule has 0 saturated carbocycles. The zero-order valence-corrected chi connectivity index (χ0v) is 13.7. The van der Waals surface area contributed by atoms with E-state index in [0.29, 0.717) is 28.1 Å². The zero-order chi connectivity index (χ0) is 15.8. The molecule has 0 radical (unpaired) electrons. The van der Waals surface area contributed by atoms with Crippen LogP contribution in [-0.2, 0) is 4.79 Å². The summed E-state index contributed by atoms with van der Waals surface area (Å²) in [5.41, 5.74) is 0.536. The van der Waals surface area contributed by atoms with E-state index in [4.69, 9.17) is 21.1 Å². The van der Waals surface area contributed by atoms with Gasteiger partial charge in [0.25, 0.3) is 0 Å². The molecule has 0 aliphatic carbocycles. The van der Waals surface area contributed by atoms with E-state index in [0.717, 1.165) is 13.0 Å². The molecule has 1 aromatic carbocycles. The summed E-state index contributed by atoms with van der Waals surface area (Å²) in [6, 6.07) is 3.26. The van der Waals surface area contributed by atoms with Crippen molar-refractivity contribution in [2.75, 3.05) is 32.6 Å². The number of halogens is 1. The van der Waals surface area contributed by atoms with Gasteiger partial charge >= 0.3 is 0 Å². The van der Waals surface area contributed by atoms with Gasteiger partial charge in [-0.05, 0) is 18.9 Å². The standard InChI is InChI=1S/C15H23ClN2O3/c1-10(2)5-6-17-9-15(19)18-12-8-13(20-3)11(16)7-14(12)21-4/h7-8,10,17H,5-6,9H2,1-4H3,(H,18,19). The van der Waals surface area contributed by atoms with Gasteiger partial charge in [0.2, 0.25) is 5.91 Å². The number of methoxy groups -OCH3 is 2. The van der Waals surface area contributed by atoms with Crippen molar-refractivity contribution in [1.82, 2.24) is 5.32 Å². The highest BCUT2D eigenvalue weighted by molar-refractivity contribution is 6.32. The molecule has 118 valence electrons. The molecule has 0 atom stereocenters. The van der Waals surface area contributed by atoms with Crippen molar-refractivity contribution in [3.8, 4) is 11.5 Å². The van der Waals surface area contributed by atoms with E-state index in [-0.39, 0.29) is 12.5 Å². The minimum Gasteiger partial charge on any atom is -0.495 e. The molecular formula is C15H23ClN2O3. The second-order valence-electron chi connectivity index (χ2n) is 5.09. The third kappa shape index (κ3) is 5.81. The van der Waals surface area contributed by atoms with Gasteiger partial charge in [-0.15, -0.1) is 0 Å². The summed E-state index contributed by atoms with van der Waals surface area (Å²) < 4.78 is 10.3. The Morgan fingerprint density at radius 3 is 2.48 bits per heavy atom. The molecule has 0 unspecified atom stereocenters. The lowest BCUT2D eigenvalue weighted by Crippen LogP contribution is -2.29. The van der Waals surface area contributed by atoms with Gasteiger partial charge in [0.1, 0.15) is 11.5 Å². The van der Waals surface area contributed by atoms with Gasteiger partial charge in [0.05, 0.1) is 31.5 Å². The van der Waals surface area contributed by atoms with Gasteiger partial charge in [-0.3, -0.25) is 4.79 Å². The normalized spacial score (nSPS) is 10.6. The van der Waals surface area contributed by atoms with Crippen LogP contribution >= 0.6 is 11.6 Å². The number of anilines is 1. The molecule has 0 spiro atoms. The average molecular weight is 315 g/mol. The smallest absolute Gasteiger partial charge is 0.238 e. The van der Waals surface area contributed by atoms with Crippen molar-refractivity contribution in [2.24, 2.45) is 5.92 Å². The first kappa shape index (κ1) is 17.6. The van der Waals surface area contributed by atoms with Gasteiger partial charge in [-0.2, -0.15) is 0 Å². The summed E-state index contributed by atoms with van der Waals surface area (Å²) >= 11 is 6.02. The number of hydrogen-bond donors (Lipinski definition) is 2. The zero-order valence-electron chi connectivity index (χ0n) is 13.0. The van der Waals surface area contributed by atoms with Crippen LogP contribution in [0.15, 0.2) is 12.1 Å². The fraction of sp³-hybridized carbons (Fsp3) is 0.533. The lowest BCUT2D eigenvalue weighted by molar-refractivity contribution is -0.115. The Balaban J connectivity index is 2.62. The predicted octanol–water partition coefficient (Wildman–Crippen LogP) is 2.93. The number of amides is 1. The highest BCUT2D eigenvalue weighted by atomic mass is 35.5. The SMILES string of the molecule is COc1cc(NC(=O)CNCCC(C)C)c(OC)cc1Cl. The molecule has 0 heterocycles. The molecule has 0 fully saturated rings. The van der Waals surface area contributed by atoms with Gasteiger partial charge in [-0.25, -0.2) is 0 Å². The van der Waals surface area contributed by atoms with E-state index in [1.807, 2.05) is 0 Å². The van der Waals surface area contributed by atoms with E-state index in [1.54, 1.807) is 12.1 Å². The van der Waals surface area contributed by atoms with Crippen molar-refractivity contribution in [2.45, 2.75) is 20.3 Å². The Kier molecular flexibility index (Phi) is 7.32. The van der Waals surface area contributed by atoms with E-state index < -0.39 is 0 Å². The lowest BCUT2D eigenvalue weighted by Gasteiger charge is -2.13. The number of carbonyl (C=O) groups excluding carboxylic acids is 1. The molecule has 1 amide bonds. The molecule has 0 saturated heterocycles. The van der Waals surface area contributed by atoms with E-state index in [9.17, 15) is 4.79 Å². The number of rotatable bonds is 8. The number of hydrogen-bond acceptors (Lipinski definition) is 4. The summed E-state index contributed by atoms with van der Waals surface area (Å²) in [7, 11) is 3.04. The van der Waals surface area contributed by atoms with Gasteiger partial charge in [0.15, 0.2) is 0 Å². The summed E-state index contributed by atoms with van der Waals surface area (Å²) in [5.74, 6) is 1.46. The molecule has 21 heavy (non-hydrogen) atoms. The molecule has 0 aliphatic rings. The molecule has 5 nitrogen and oxygen atoms in total. The maximum absolute atomic E-state index is 11.9. The molecule has 0 aliphatic heterocycles. The van der Waals surface area contributed by atoms with Crippen LogP contribution in [0.25, 0.3) is 0 Å².